The van der Waals surface area contributed by atoms with E-state index < -0.39 is 83.1 Å². The van der Waals surface area contributed by atoms with Crippen LogP contribution in [0.25, 0.3) is 0 Å². The van der Waals surface area contributed by atoms with Crippen LogP contribution in [0, 0.1) is 0 Å². The number of aliphatic hydroxyl groups is 4. The van der Waals surface area contributed by atoms with Crippen LogP contribution in [-0.2, 0) is 54.6 Å². The Morgan fingerprint density at radius 1 is 0.327 bits per heavy atom. The Morgan fingerprint density at radius 3 is 0.481 bits per heavy atom. The summed E-state index contributed by atoms with van der Waals surface area (Å²) in [6.45, 7) is 11.6. The molecule has 52 heavy (non-hydrogen) atoms. The van der Waals surface area contributed by atoms with Gasteiger partial charge in [0.1, 0.15) is 0 Å². The Balaban J connectivity index is -0.0000000807. The number of hydrogen-bond acceptors (Lipinski definition) is 16. The zero-order chi connectivity index (χ0) is 40.0. The summed E-state index contributed by atoms with van der Waals surface area (Å²) in [6.07, 6.45) is 2.05. The molecule has 0 aliphatic heterocycles. The average Bonchev–Trinajstić information content (AvgIpc) is 2.85. The molecule has 0 spiro atoms. The molecule has 16 N–H and O–H groups in total. The molecule has 8 unspecified atom stereocenters. The Hall–Kier alpha value is 3.36. The van der Waals surface area contributed by atoms with Crippen LogP contribution in [0.15, 0.2) is 51.4 Å². The number of aliphatic hydroxyl groups excluding tert-OH is 4. The second-order valence-corrected chi connectivity index (χ2v) is 22.7. The monoisotopic (exact) mass is 968 g/mol. The third-order valence-corrected chi connectivity index (χ3v) is 16.9. The zero-order valence-electron chi connectivity index (χ0n) is 23.1. The molecule has 0 saturated heterocycles. The van der Waals surface area contributed by atoms with Crippen molar-refractivity contribution < 1.29 is 134 Å². The molecular formula is C12H36Na4O28P8. The van der Waals surface area contributed by atoms with Gasteiger partial charge in [0, 0.05) is 0 Å². The fraction of sp³-hybridized carbons (Fsp3) is 0.333. The SMILES string of the molecule is C=COP(=O)(O)C(O)P(=O)(O)O.C=COP(=O)(O)C(O)P(=O)(O)O.C=COP(=O)(O)C(O)P(=O)(O)O.C=COP(=O)(O)C(O)P(=O)(O)O.[NaH].[NaH].[NaH].[NaH]. The quantitative estimate of drug-likeness (QED) is 0.0406. The van der Waals surface area contributed by atoms with Gasteiger partial charge in [-0.3, -0.25) is 18.3 Å². The second-order valence-electron chi connectivity index (χ2n) is 7.09. The van der Waals surface area contributed by atoms with E-state index in [2.05, 4.69) is 44.4 Å². The van der Waals surface area contributed by atoms with Crippen molar-refractivity contribution in [2.75, 3.05) is 0 Å². The van der Waals surface area contributed by atoms with Crippen LogP contribution >= 0.6 is 60.8 Å². The van der Waals surface area contributed by atoms with E-state index in [9.17, 15) is 36.5 Å². The molecule has 0 amide bonds. The maximum absolute atomic E-state index is 10.7. The Kier molecular flexibility index (Phi) is 42.6. The third-order valence-electron chi connectivity index (χ3n) is 3.27. The van der Waals surface area contributed by atoms with Crippen LogP contribution in [0.2, 0.25) is 0 Å². The van der Waals surface area contributed by atoms with Gasteiger partial charge < -0.3 is 97.2 Å². The van der Waals surface area contributed by atoms with E-state index >= 15 is 0 Å². The molecule has 0 aromatic heterocycles. The first kappa shape index (κ1) is 72.9. The summed E-state index contributed by atoms with van der Waals surface area (Å²) in [5, 5.41) is 34.4. The molecule has 296 valence electrons. The normalized spacial score (nSPS) is 17.8. The third kappa shape index (κ3) is 32.2. The van der Waals surface area contributed by atoms with Crippen LogP contribution in [-0.4, -0.2) is 220 Å². The molecule has 0 rings (SSSR count). The molecule has 0 aromatic rings. The van der Waals surface area contributed by atoms with Crippen molar-refractivity contribution >= 4 is 179 Å². The van der Waals surface area contributed by atoms with Gasteiger partial charge in [-0.05, 0) is 0 Å². The molecule has 0 saturated carbocycles. The second kappa shape index (κ2) is 30.4. The first-order valence-electron chi connectivity index (χ1n) is 10.3. The van der Waals surface area contributed by atoms with Gasteiger partial charge in [0.05, 0.1) is 25.0 Å². The van der Waals surface area contributed by atoms with Crippen molar-refractivity contribution in [2.45, 2.75) is 22.3 Å². The number of rotatable bonds is 16. The summed E-state index contributed by atoms with van der Waals surface area (Å²) >= 11 is 0. The minimum absolute atomic E-state index is 0. The van der Waals surface area contributed by atoms with Gasteiger partial charge >= 0.3 is 179 Å². The van der Waals surface area contributed by atoms with Gasteiger partial charge in [-0.25, -0.2) is 18.3 Å². The Bertz CT molecular complexity index is 1250. The Morgan fingerprint density at radius 2 is 0.423 bits per heavy atom. The van der Waals surface area contributed by atoms with E-state index in [1.807, 2.05) is 0 Å². The van der Waals surface area contributed by atoms with Gasteiger partial charge in [-0.2, -0.15) is 0 Å². The van der Waals surface area contributed by atoms with Gasteiger partial charge in [0.15, 0.2) is 0 Å². The molecule has 0 aliphatic carbocycles. The van der Waals surface area contributed by atoms with E-state index in [-0.39, 0.29) is 118 Å². The van der Waals surface area contributed by atoms with Crippen molar-refractivity contribution in [1.29, 1.82) is 0 Å². The molecule has 0 fully saturated rings. The van der Waals surface area contributed by atoms with E-state index in [1.54, 1.807) is 0 Å². The molecule has 8 atom stereocenters. The predicted molar refractivity (Wildman–Crippen MR) is 185 cm³/mol. The molecule has 0 aromatic carbocycles. The summed E-state index contributed by atoms with van der Waals surface area (Å²) in [6, 6.07) is 0. The fourth-order valence-corrected chi connectivity index (χ4v) is 9.43. The summed E-state index contributed by atoms with van der Waals surface area (Å²) in [5.41, 5.74) is -10.9. The van der Waals surface area contributed by atoms with Gasteiger partial charge in [0.2, 0.25) is 0 Å². The van der Waals surface area contributed by atoms with E-state index in [1.165, 1.54) is 0 Å². The molecule has 0 bridgehead atoms. The zero-order valence-corrected chi connectivity index (χ0v) is 30.2. The van der Waals surface area contributed by atoms with Gasteiger partial charge in [-0.15, -0.1) is 0 Å². The first-order valence-corrected chi connectivity index (χ1v) is 23.6. The van der Waals surface area contributed by atoms with E-state index in [4.69, 9.17) is 79.1 Å². The average molecular weight is 968 g/mol. The van der Waals surface area contributed by atoms with E-state index in [0.29, 0.717) is 25.0 Å². The maximum atomic E-state index is 10.7. The topological polar surface area (TPSA) is 497 Å². The molecule has 0 heterocycles. The molecule has 40 heteroatoms. The van der Waals surface area contributed by atoms with Crippen LogP contribution in [0.4, 0.5) is 0 Å². The van der Waals surface area contributed by atoms with Crippen molar-refractivity contribution in [2.24, 2.45) is 0 Å². The molecular weight excluding hydrogens is 932 g/mol. The van der Waals surface area contributed by atoms with Crippen molar-refractivity contribution in [3.63, 3.8) is 0 Å². The van der Waals surface area contributed by atoms with Crippen molar-refractivity contribution in [3.05, 3.63) is 51.4 Å². The number of hydrogen-bond donors (Lipinski definition) is 16. The van der Waals surface area contributed by atoms with Crippen LogP contribution in [0.5, 0.6) is 0 Å². The molecule has 28 nitrogen and oxygen atoms in total. The predicted octanol–water partition coefficient (Wildman–Crippen LogP) is -3.45. The fourth-order valence-electron chi connectivity index (χ4n) is 1.41. The van der Waals surface area contributed by atoms with Crippen molar-refractivity contribution in [1.82, 2.24) is 0 Å². The van der Waals surface area contributed by atoms with Gasteiger partial charge in [-0.1, -0.05) is 26.3 Å². The van der Waals surface area contributed by atoms with E-state index in [0.717, 1.165) is 0 Å². The standard InChI is InChI=1S/4C3H8O7P2.4Na.4H/c4*1-2-10-12(8,9)3(4)11(5,6)7;;;;;;;;/h4*2-4H,1H2,(H,8,9)(H2,5,6,7);;;;;;;;. The van der Waals surface area contributed by atoms with Crippen LogP contribution in [0.1, 0.15) is 0 Å². The molecule has 0 radical (unpaired) electrons. The van der Waals surface area contributed by atoms with Crippen molar-refractivity contribution in [3.8, 4) is 0 Å². The summed E-state index contributed by atoms with van der Waals surface area (Å²) in [4.78, 5) is 101. The Labute approximate surface area is 382 Å². The van der Waals surface area contributed by atoms with Crippen LogP contribution in [0.3, 0.4) is 0 Å². The van der Waals surface area contributed by atoms with Gasteiger partial charge in [0.25, 0.3) is 22.3 Å². The minimum atomic E-state index is -5.04. The first-order chi connectivity index (χ1) is 20.9. The summed E-state index contributed by atoms with van der Waals surface area (Å²) in [7, 11) is -39.1. The van der Waals surface area contributed by atoms with Crippen LogP contribution < -0.4 is 0 Å². The summed E-state index contributed by atoms with van der Waals surface area (Å²) in [5.74, 6) is 0. The molecule has 0 aliphatic rings. The summed E-state index contributed by atoms with van der Waals surface area (Å²) < 4.78 is 99.1.